The predicted molar refractivity (Wildman–Crippen MR) is 44.7 cm³/mol. The van der Waals surface area contributed by atoms with Crippen molar-refractivity contribution in [3.05, 3.63) is 0 Å². The molecule has 66 valence electrons. The molecule has 0 aromatic carbocycles. The van der Waals surface area contributed by atoms with E-state index in [1.54, 1.807) is 0 Å². The summed E-state index contributed by atoms with van der Waals surface area (Å²) in [5.74, 6) is 0.745. The Hall–Kier alpha value is -0.660. The quantitative estimate of drug-likeness (QED) is 0.513. The first-order chi connectivity index (χ1) is 5.68. The Morgan fingerprint density at radius 1 is 1.25 bits per heavy atom. The van der Waals surface area contributed by atoms with Crippen LogP contribution in [0.3, 0.4) is 0 Å². The van der Waals surface area contributed by atoms with E-state index < -0.39 is 5.41 Å². The van der Waals surface area contributed by atoms with Gasteiger partial charge in [-0.25, -0.2) is 0 Å². The highest BCUT2D eigenvalue weighted by atomic mass is 16.2. The summed E-state index contributed by atoms with van der Waals surface area (Å²) in [5.41, 5.74) is -0.514. The molecule has 0 radical (unpaired) electrons. The number of carbonyl (C=O) groups is 2. The number of rotatable bonds is 0. The van der Waals surface area contributed by atoms with Gasteiger partial charge in [-0.05, 0) is 18.8 Å². The number of ketones is 2. The van der Waals surface area contributed by atoms with Crippen LogP contribution in [0.25, 0.3) is 0 Å². The van der Waals surface area contributed by atoms with Gasteiger partial charge in [-0.1, -0.05) is 13.3 Å². The largest absolute Gasteiger partial charge is 0.299 e. The van der Waals surface area contributed by atoms with Crippen LogP contribution in [-0.2, 0) is 9.59 Å². The van der Waals surface area contributed by atoms with Crippen LogP contribution in [0, 0.1) is 11.3 Å². The van der Waals surface area contributed by atoms with Gasteiger partial charge in [0.2, 0.25) is 0 Å². The third-order valence-corrected chi connectivity index (χ3v) is 3.62. The number of hydrogen-bond donors (Lipinski definition) is 0. The fraction of sp³-hybridized carbons (Fsp3) is 0.800. The van der Waals surface area contributed by atoms with Gasteiger partial charge in [0.25, 0.3) is 0 Å². The fourth-order valence-electron chi connectivity index (χ4n) is 2.84. The summed E-state index contributed by atoms with van der Waals surface area (Å²) >= 11 is 0. The third-order valence-electron chi connectivity index (χ3n) is 3.62. The SMILES string of the molecule is CC1CCCC12C(=O)CCC2=O. The third kappa shape index (κ3) is 0.755. The molecular formula is C10H14O2. The molecule has 1 spiro atoms. The Kier molecular flexibility index (Phi) is 1.60. The van der Waals surface area contributed by atoms with E-state index in [4.69, 9.17) is 0 Å². The molecule has 0 aromatic rings. The predicted octanol–water partition coefficient (Wildman–Crippen LogP) is 1.72. The number of hydrogen-bond acceptors (Lipinski definition) is 2. The highest BCUT2D eigenvalue weighted by Gasteiger charge is 2.54. The van der Waals surface area contributed by atoms with Crippen LogP contribution < -0.4 is 0 Å². The van der Waals surface area contributed by atoms with Gasteiger partial charge in [0.15, 0.2) is 0 Å². The van der Waals surface area contributed by atoms with E-state index in [0.717, 1.165) is 19.3 Å². The second-order valence-corrected chi connectivity index (χ2v) is 4.11. The lowest BCUT2D eigenvalue weighted by Crippen LogP contribution is -2.35. The average molecular weight is 166 g/mol. The zero-order chi connectivity index (χ0) is 8.77. The van der Waals surface area contributed by atoms with Crippen LogP contribution in [0.4, 0.5) is 0 Å². The van der Waals surface area contributed by atoms with Gasteiger partial charge >= 0.3 is 0 Å². The molecule has 2 aliphatic rings. The Morgan fingerprint density at radius 2 is 1.83 bits per heavy atom. The molecule has 2 heteroatoms. The standard InChI is InChI=1S/C10H14O2/c1-7-3-2-6-10(7)8(11)4-5-9(10)12/h7H,2-6H2,1H3. The molecule has 12 heavy (non-hydrogen) atoms. The normalized spacial score (nSPS) is 33.6. The van der Waals surface area contributed by atoms with Crippen LogP contribution in [0.15, 0.2) is 0 Å². The van der Waals surface area contributed by atoms with Crippen molar-refractivity contribution >= 4 is 11.6 Å². The van der Waals surface area contributed by atoms with Gasteiger partial charge in [0.05, 0.1) is 5.41 Å². The summed E-state index contributed by atoms with van der Waals surface area (Å²) < 4.78 is 0. The Morgan fingerprint density at radius 3 is 2.25 bits per heavy atom. The number of carbonyl (C=O) groups excluding carboxylic acids is 2. The highest BCUT2D eigenvalue weighted by Crippen LogP contribution is 2.49. The maximum absolute atomic E-state index is 11.6. The fourth-order valence-corrected chi connectivity index (χ4v) is 2.84. The van der Waals surface area contributed by atoms with Gasteiger partial charge in [-0.3, -0.25) is 9.59 Å². The van der Waals surface area contributed by atoms with Crippen molar-refractivity contribution in [3.63, 3.8) is 0 Å². The molecule has 2 rings (SSSR count). The van der Waals surface area contributed by atoms with E-state index in [1.165, 1.54) is 0 Å². The lowest BCUT2D eigenvalue weighted by molar-refractivity contribution is -0.136. The molecular weight excluding hydrogens is 152 g/mol. The van der Waals surface area contributed by atoms with E-state index in [1.807, 2.05) is 6.92 Å². The lowest BCUT2D eigenvalue weighted by atomic mass is 9.76. The Balaban J connectivity index is 2.39. The monoisotopic (exact) mass is 166 g/mol. The molecule has 2 aliphatic carbocycles. The maximum atomic E-state index is 11.6. The van der Waals surface area contributed by atoms with Crippen molar-refractivity contribution in [3.8, 4) is 0 Å². The average Bonchev–Trinajstić information content (AvgIpc) is 2.53. The van der Waals surface area contributed by atoms with Crippen molar-refractivity contribution in [1.82, 2.24) is 0 Å². The van der Waals surface area contributed by atoms with Gasteiger partial charge in [0, 0.05) is 12.8 Å². The van der Waals surface area contributed by atoms with Crippen LogP contribution in [0.2, 0.25) is 0 Å². The zero-order valence-corrected chi connectivity index (χ0v) is 7.43. The smallest absolute Gasteiger partial charge is 0.147 e. The van der Waals surface area contributed by atoms with E-state index in [0.29, 0.717) is 18.8 Å². The zero-order valence-electron chi connectivity index (χ0n) is 7.43. The van der Waals surface area contributed by atoms with Gasteiger partial charge in [-0.15, -0.1) is 0 Å². The minimum Gasteiger partial charge on any atom is -0.299 e. The summed E-state index contributed by atoms with van der Waals surface area (Å²) in [6, 6.07) is 0. The van der Waals surface area contributed by atoms with Crippen molar-refractivity contribution < 1.29 is 9.59 Å². The van der Waals surface area contributed by atoms with Gasteiger partial charge < -0.3 is 0 Å². The first-order valence-corrected chi connectivity index (χ1v) is 4.74. The molecule has 0 heterocycles. The van der Waals surface area contributed by atoms with Crippen molar-refractivity contribution in [2.45, 2.75) is 39.0 Å². The molecule has 2 nitrogen and oxygen atoms in total. The molecule has 1 atom stereocenters. The Bertz CT molecular complexity index is 226. The van der Waals surface area contributed by atoms with Crippen LogP contribution in [-0.4, -0.2) is 11.6 Å². The first-order valence-electron chi connectivity index (χ1n) is 4.74. The first kappa shape index (κ1) is 7.96. The van der Waals surface area contributed by atoms with Crippen LogP contribution in [0.5, 0.6) is 0 Å². The lowest BCUT2D eigenvalue weighted by Gasteiger charge is -2.24. The molecule has 0 bridgehead atoms. The van der Waals surface area contributed by atoms with Crippen molar-refractivity contribution in [1.29, 1.82) is 0 Å². The summed E-state index contributed by atoms with van der Waals surface area (Å²) in [7, 11) is 0. The maximum Gasteiger partial charge on any atom is 0.147 e. The topological polar surface area (TPSA) is 34.1 Å². The summed E-state index contributed by atoms with van der Waals surface area (Å²) in [4.78, 5) is 23.2. The molecule has 0 aromatic heterocycles. The van der Waals surface area contributed by atoms with Crippen molar-refractivity contribution in [2.24, 2.45) is 11.3 Å². The van der Waals surface area contributed by atoms with E-state index in [-0.39, 0.29) is 11.6 Å². The second kappa shape index (κ2) is 2.41. The minimum atomic E-state index is -0.514. The van der Waals surface area contributed by atoms with Gasteiger partial charge in [0.1, 0.15) is 11.6 Å². The second-order valence-electron chi connectivity index (χ2n) is 4.11. The molecule has 2 saturated carbocycles. The minimum absolute atomic E-state index is 0.220. The van der Waals surface area contributed by atoms with E-state index >= 15 is 0 Å². The number of Topliss-reactive ketones (excluding diaryl/α,β-unsaturated/α-hetero) is 2. The summed E-state index contributed by atoms with van der Waals surface area (Å²) in [6.45, 7) is 2.05. The van der Waals surface area contributed by atoms with E-state index in [2.05, 4.69) is 0 Å². The van der Waals surface area contributed by atoms with Gasteiger partial charge in [-0.2, -0.15) is 0 Å². The highest BCUT2D eigenvalue weighted by molar-refractivity contribution is 6.13. The van der Waals surface area contributed by atoms with Crippen LogP contribution in [0.1, 0.15) is 39.0 Å². The molecule has 0 saturated heterocycles. The summed E-state index contributed by atoms with van der Waals surface area (Å²) in [5, 5.41) is 0. The molecule has 0 N–H and O–H groups in total. The molecule has 1 unspecified atom stereocenters. The molecule has 0 aliphatic heterocycles. The Labute approximate surface area is 72.3 Å². The van der Waals surface area contributed by atoms with Crippen LogP contribution >= 0.6 is 0 Å². The van der Waals surface area contributed by atoms with E-state index in [9.17, 15) is 9.59 Å². The molecule has 2 fully saturated rings. The molecule has 0 amide bonds. The van der Waals surface area contributed by atoms with Crippen molar-refractivity contribution in [2.75, 3.05) is 0 Å². The summed E-state index contributed by atoms with van der Waals surface area (Å²) in [6.07, 6.45) is 3.94.